The Morgan fingerprint density at radius 3 is 2.12 bits per heavy atom. The molecule has 0 atom stereocenters. The summed E-state index contributed by atoms with van der Waals surface area (Å²) >= 11 is 0. The number of rotatable bonds is 7. The van der Waals surface area contributed by atoms with Crippen molar-refractivity contribution in [3.05, 3.63) is 70.8 Å². The van der Waals surface area contributed by atoms with Crippen LogP contribution < -0.4 is 5.32 Å². The highest BCUT2D eigenvalue weighted by Crippen LogP contribution is 2.45. The van der Waals surface area contributed by atoms with Crippen LogP contribution in [-0.2, 0) is 17.4 Å². The first kappa shape index (κ1) is 25.7. The van der Waals surface area contributed by atoms with Gasteiger partial charge in [-0.1, -0.05) is 45.0 Å². The molecule has 0 aromatic heterocycles. The van der Waals surface area contributed by atoms with Crippen LogP contribution in [0.1, 0.15) is 76.0 Å². The Balaban J connectivity index is 1.69. The van der Waals surface area contributed by atoms with Crippen molar-refractivity contribution in [2.45, 2.75) is 82.8 Å². The molecule has 33 heavy (non-hydrogen) atoms. The highest BCUT2D eigenvalue weighted by atomic mass is 19.4. The van der Waals surface area contributed by atoms with E-state index in [2.05, 4.69) is 38.2 Å². The summed E-state index contributed by atoms with van der Waals surface area (Å²) in [7, 11) is 0. The summed E-state index contributed by atoms with van der Waals surface area (Å²) in [4.78, 5) is 0. The fraction of sp³-hybridized carbons (Fsp3) is 0.556. The molecule has 6 heteroatoms. The lowest BCUT2D eigenvalue weighted by Crippen LogP contribution is -2.47. The van der Waals surface area contributed by atoms with Crippen molar-refractivity contribution in [2.24, 2.45) is 5.92 Å². The Labute approximate surface area is 193 Å². The summed E-state index contributed by atoms with van der Waals surface area (Å²) < 4.78 is 66.7. The lowest BCUT2D eigenvalue weighted by molar-refractivity contribution is -0.185. The molecule has 1 aliphatic carbocycles. The second-order valence-corrected chi connectivity index (χ2v) is 10.4. The average Bonchev–Trinajstić information content (AvgIpc) is 2.72. The summed E-state index contributed by atoms with van der Waals surface area (Å²) in [5, 5.41) is 3.60. The molecule has 1 saturated carbocycles. The van der Waals surface area contributed by atoms with E-state index in [9.17, 15) is 22.0 Å². The topological polar surface area (TPSA) is 12.0 Å². The van der Waals surface area contributed by atoms with Gasteiger partial charge in [0, 0.05) is 11.6 Å². The number of benzene rings is 2. The molecule has 0 bridgehead atoms. The zero-order valence-corrected chi connectivity index (χ0v) is 19.7. The zero-order chi connectivity index (χ0) is 24.3. The van der Waals surface area contributed by atoms with Crippen molar-refractivity contribution < 1.29 is 22.0 Å². The second kappa shape index (κ2) is 10.1. The molecule has 0 amide bonds. The third-order valence-electron chi connectivity index (χ3n) is 6.86. The van der Waals surface area contributed by atoms with Gasteiger partial charge in [-0.25, -0.2) is 8.78 Å². The molecule has 0 radical (unpaired) electrons. The number of hydrogen-bond acceptors (Lipinski definition) is 1. The molecular weight excluding hydrogens is 433 g/mol. The lowest BCUT2D eigenvalue weighted by atomic mass is 9.71. The van der Waals surface area contributed by atoms with E-state index in [1.807, 2.05) is 12.1 Å². The minimum atomic E-state index is -4.15. The monoisotopic (exact) mass is 467 g/mol. The highest BCUT2D eigenvalue weighted by molar-refractivity contribution is 5.34. The minimum absolute atomic E-state index is 0.0550. The van der Waals surface area contributed by atoms with E-state index >= 15 is 0 Å². The summed E-state index contributed by atoms with van der Waals surface area (Å²) in [5.74, 6) is -2.41. The summed E-state index contributed by atoms with van der Waals surface area (Å²) in [6.07, 6.45) is -1.02. The van der Waals surface area contributed by atoms with E-state index in [-0.39, 0.29) is 18.3 Å². The van der Waals surface area contributed by atoms with Gasteiger partial charge in [0.1, 0.15) is 11.6 Å². The smallest absolute Gasteiger partial charge is 0.307 e. The fourth-order valence-electron chi connectivity index (χ4n) is 4.83. The Morgan fingerprint density at radius 1 is 0.909 bits per heavy atom. The van der Waals surface area contributed by atoms with Crippen molar-refractivity contribution in [2.75, 3.05) is 6.54 Å². The molecule has 182 valence electrons. The van der Waals surface area contributed by atoms with E-state index in [1.54, 1.807) is 0 Å². The van der Waals surface area contributed by atoms with Gasteiger partial charge in [0.05, 0.1) is 5.92 Å². The third-order valence-corrected chi connectivity index (χ3v) is 6.86. The summed E-state index contributed by atoms with van der Waals surface area (Å²) in [6.45, 7) is 7.01. The van der Waals surface area contributed by atoms with Crippen LogP contribution in [0.4, 0.5) is 22.0 Å². The van der Waals surface area contributed by atoms with Crippen molar-refractivity contribution in [1.29, 1.82) is 0 Å². The van der Waals surface area contributed by atoms with E-state index in [0.717, 1.165) is 30.0 Å². The molecule has 3 rings (SSSR count). The van der Waals surface area contributed by atoms with Crippen LogP contribution in [0, 0.1) is 17.6 Å². The van der Waals surface area contributed by atoms with Crippen LogP contribution in [0.15, 0.2) is 42.5 Å². The highest BCUT2D eigenvalue weighted by Gasteiger charge is 2.46. The maximum atomic E-state index is 13.4. The van der Waals surface area contributed by atoms with Crippen LogP contribution >= 0.6 is 0 Å². The number of nitrogens with one attached hydrogen (secondary N) is 1. The maximum absolute atomic E-state index is 13.4. The van der Waals surface area contributed by atoms with Gasteiger partial charge in [0.25, 0.3) is 0 Å². The van der Waals surface area contributed by atoms with E-state index in [4.69, 9.17) is 0 Å². The molecule has 1 nitrogen and oxygen atoms in total. The standard InChI is InChI=1S/C27H34F5N/c1-25(2,3)21-8-6-9-22(17-21)26(12-10-20(11-13-26)27(30,31)32)33-14-5-4-7-19-15-23(28)18-24(29)16-19/h6,8-9,15-18,20,33H,4-5,7,10-14H2,1-3H3. The van der Waals surface area contributed by atoms with Gasteiger partial charge in [-0.05, 0) is 85.7 Å². The van der Waals surface area contributed by atoms with Crippen LogP contribution in [0.25, 0.3) is 0 Å². The zero-order valence-electron chi connectivity index (χ0n) is 19.7. The fourth-order valence-corrected chi connectivity index (χ4v) is 4.83. The van der Waals surface area contributed by atoms with E-state index < -0.39 is 29.3 Å². The van der Waals surface area contributed by atoms with Gasteiger partial charge in [-0.3, -0.25) is 0 Å². The summed E-state index contributed by atoms with van der Waals surface area (Å²) in [6, 6.07) is 11.8. The lowest BCUT2D eigenvalue weighted by Gasteiger charge is -2.42. The molecular formula is C27H34F5N. The number of unbranched alkanes of at least 4 members (excludes halogenated alkanes) is 1. The SMILES string of the molecule is CC(C)(C)c1cccc(C2(NCCCCc3cc(F)cc(F)c3)CCC(C(F)(F)F)CC2)c1. The van der Waals surface area contributed by atoms with Crippen molar-refractivity contribution >= 4 is 0 Å². The van der Waals surface area contributed by atoms with E-state index in [0.29, 0.717) is 31.4 Å². The molecule has 1 aliphatic rings. The van der Waals surface area contributed by atoms with Gasteiger partial charge in [-0.2, -0.15) is 13.2 Å². The number of hydrogen-bond donors (Lipinski definition) is 1. The number of halogens is 5. The Bertz CT molecular complexity index is 901. The van der Waals surface area contributed by atoms with Gasteiger partial charge in [0.15, 0.2) is 0 Å². The number of aryl methyl sites for hydroxylation is 1. The van der Waals surface area contributed by atoms with Crippen LogP contribution in [0.2, 0.25) is 0 Å². The molecule has 0 unspecified atom stereocenters. The molecule has 0 spiro atoms. The number of alkyl halides is 3. The predicted molar refractivity (Wildman–Crippen MR) is 122 cm³/mol. The van der Waals surface area contributed by atoms with Gasteiger partial charge in [-0.15, -0.1) is 0 Å². The van der Waals surface area contributed by atoms with Gasteiger partial charge >= 0.3 is 6.18 Å². The van der Waals surface area contributed by atoms with Crippen molar-refractivity contribution in [3.8, 4) is 0 Å². The van der Waals surface area contributed by atoms with Gasteiger partial charge < -0.3 is 5.32 Å². The van der Waals surface area contributed by atoms with Crippen LogP contribution in [-0.4, -0.2) is 12.7 Å². The molecule has 1 N–H and O–H groups in total. The Hall–Kier alpha value is -1.95. The maximum Gasteiger partial charge on any atom is 0.391 e. The van der Waals surface area contributed by atoms with E-state index in [1.165, 1.54) is 12.1 Å². The van der Waals surface area contributed by atoms with Crippen molar-refractivity contribution in [3.63, 3.8) is 0 Å². The molecule has 2 aromatic carbocycles. The minimum Gasteiger partial charge on any atom is -0.307 e. The molecule has 1 fully saturated rings. The predicted octanol–water partition coefficient (Wildman–Crippen LogP) is 7.82. The summed E-state index contributed by atoms with van der Waals surface area (Å²) in [5.41, 5.74) is 2.27. The Kier molecular flexibility index (Phi) is 7.87. The van der Waals surface area contributed by atoms with Crippen molar-refractivity contribution in [1.82, 2.24) is 5.32 Å². The first-order valence-corrected chi connectivity index (χ1v) is 11.8. The van der Waals surface area contributed by atoms with Crippen LogP contribution in [0.3, 0.4) is 0 Å². The first-order valence-electron chi connectivity index (χ1n) is 11.8. The quantitative estimate of drug-likeness (QED) is 0.323. The normalized spacial score (nSPS) is 21.9. The first-order chi connectivity index (χ1) is 15.4. The van der Waals surface area contributed by atoms with Gasteiger partial charge in [0.2, 0.25) is 0 Å². The molecule has 0 heterocycles. The molecule has 0 aliphatic heterocycles. The average molecular weight is 468 g/mol. The molecule has 2 aromatic rings. The molecule has 0 saturated heterocycles. The Morgan fingerprint density at radius 2 is 1.55 bits per heavy atom. The largest absolute Gasteiger partial charge is 0.391 e. The second-order valence-electron chi connectivity index (χ2n) is 10.4. The third kappa shape index (κ3) is 6.78. The van der Waals surface area contributed by atoms with Crippen LogP contribution in [0.5, 0.6) is 0 Å².